The third-order valence-corrected chi connectivity index (χ3v) is 16.5. The first kappa shape index (κ1) is 41.6. The van der Waals surface area contributed by atoms with Crippen molar-refractivity contribution in [3.8, 4) is 33.8 Å². The van der Waals surface area contributed by atoms with E-state index in [0.717, 1.165) is 149 Å². The number of hydrogen-bond acceptors (Lipinski definition) is 3. The first-order valence-corrected chi connectivity index (χ1v) is 27.3. The predicted molar refractivity (Wildman–Crippen MR) is 336 cm³/mol. The Labute approximate surface area is 485 Å². The molecule has 6 heterocycles. The lowest BCUT2D eigenvalue weighted by atomic mass is 9.98. The lowest BCUT2D eigenvalue weighted by Gasteiger charge is -2.07. The van der Waals surface area contributed by atoms with Crippen molar-refractivity contribution in [3.05, 3.63) is 232 Å². The highest BCUT2D eigenvalue weighted by atomic mass is 16.3. The number of aromatic nitrogens is 3. The van der Waals surface area contributed by atoms with Gasteiger partial charge in [-0.3, -0.25) is 0 Å². The van der Waals surface area contributed by atoms with Crippen LogP contribution in [0.15, 0.2) is 196 Å². The van der Waals surface area contributed by atoms with Gasteiger partial charge in [0.2, 0.25) is 17.1 Å². The summed E-state index contributed by atoms with van der Waals surface area (Å²) >= 11 is 0. The van der Waals surface area contributed by atoms with Crippen LogP contribution in [0.25, 0.3) is 132 Å². The highest BCUT2D eigenvalue weighted by Gasteiger charge is 2.23. The fraction of sp³-hybridized carbons (Fsp3) is 0.160. The fourth-order valence-corrected chi connectivity index (χ4v) is 11.9. The Hall–Kier alpha value is -9.39. The third-order valence-electron chi connectivity index (χ3n) is 16.5. The Morgan fingerprint density at radius 2 is 0.741 bits per heavy atom. The Morgan fingerprint density at radius 1 is 0.309 bits per heavy atom. The molecule has 0 spiro atoms. The van der Waals surface area contributed by atoms with Crippen LogP contribution < -0.4 is 13.7 Å². The quantitative estimate of drug-likeness (QED) is 0.166. The summed E-state index contributed by atoms with van der Waals surface area (Å²) in [6, 6.07) is 56.1. The number of pyridine rings is 3. The second kappa shape index (κ2) is 19.8. The zero-order valence-electron chi connectivity index (χ0n) is 55.9. The van der Waals surface area contributed by atoms with Crippen LogP contribution in [-0.4, -0.2) is 0 Å². The van der Waals surface area contributed by atoms with Crippen LogP contribution in [0.2, 0.25) is 0 Å². The molecule has 0 aliphatic heterocycles. The molecule has 9 aromatic carbocycles. The van der Waals surface area contributed by atoms with Gasteiger partial charge < -0.3 is 13.3 Å². The molecule has 15 aromatic rings. The summed E-state index contributed by atoms with van der Waals surface area (Å²) in [5, 5.41) is 13.6. The summed E-state index contributed by atoms with van der Waals surface area (Å²) in [6.45, 7) is 5.40. The van der Waals surface area contributed by atoms with Gasteiger partial charge in [0.1, 0.15) is 54.6 Å². The van der Waals surface area contributed by atoms with E-state index in [9.17, 15) is 0 Å². The lowest BCUT2D eigenvalue weighted by Crippen LogP contribution is -2.31. The smallest absolute Gasteiger partial charge is 0.212 e. The maximum Gasteiger partial charge on any atom is 0.212 e. The molecule has 396 valence electrons. The van der Waals surface area contributed by atoms with Crippen LogP contribution >= 0.6 is 0 Å². The van der Waals surface area contributed by atoms with E-state index in [0.29, 0.717) is 16.7 Å². The van der Waals surface area contributed by atoms with Crippen LogP contribution in [0, 0.1) is 62.1 Å². The van der Waals surface area contributed by atoms with E-state index < -0.39 is 20.6 Å². The molecule has 0 N–H and O–H groups in total. The number of aryl methyl sites for hydroxylation is 12. The number of rotatable bonds is 3. The maximum absolute atomic E-state index is 7.77. The molecule has 6 aromatic heterocycles. The number of fused-ring (bicyclic) bond motifs is 14. The molecule has 0 saturated carbocycles. The van der Waals surface area contributed by atoms with Crippen LogP contribution in [0.1, 0.15) is 62.4 Å². The van der Waals surface area contributed by atoms with Crippen molar-refractivity contribution >= 4 is 98.1 Å². The molecule has 0 radical (unpaired) electrons. The Morgan fingerprint density at radius 3 is 1.35 bits per heavy atom. The molecule has 6 nitrogen and oxygen atoms in total. The van der Waals surface area contributed by atoms with Crippen molar-refractivity contribution in [2.75, 3.05) is 0 Å². The normalized spacial score (nSPS) is 13.8. The number of benzene rings is 9. The van der Waals surface area contributed by atoms with Gasteiger partial charge in [-0.1, -0.05) is 84.9 Å². The molecule has 0 amide bonds. The van der Waals surface area contributed by atoms with Crippen LogP contribution in [0.5, 0.6) is 0 Å². The molecule has 0 atom stereocenters. The second-order valence-corrected chi connectivity index (χ2v) is 21.8. The van der Waals surface area contributed by atoms with Crippen molar-refractivity contribution in [1.29, 1.82) is 0 Å². The molecule has 15 rings (SSSR count). The molecule has 81 heavy (non-hydrogen) atoms. The van der Waals surface area contributed by atoms with E-state index in [4.69, 9.17) is 25.6 Å². The maximum atomic E-state index is 7.77. The van der Waals surface area contributed by atoms with Crippen LogP contribution in [0.4, 0.5) is 0 Å². The molecule has 0 saturated heterocycles. The lowest BCUT2D eigenvalue weighted by molar-refractivity contribution is -0.660. The van der Waals surface area contributed by atoms with Crippen molar-refractivity contribution in [2.45, 2.75) is 62.1 Å². The molecule has 0 bridgehead atoms. The van der Waals surface area contributed by atoms with E-state index >= 15 is 0 Å². The van der Waals surface area contributed by atoms with Gasteiger partial charge in [0.25, 0.3) is 0 Å². The monoisotopic (exact) mass is 1070 g/mol. The fourth-order valence-electron chi connectivity index (χ4n) is 11.9. The van der Waals surface area contributed by atoms with Crippen molar-refractivity contribution in [2.24, 2.45) is 21.1 Å². The van der Waals surface area contributed by atoms with E-state index in [2.05, 4.69) is 130 Å². The van der Waals surface area contributed by atoms with E-state index in [-0.39, 0.29) is 0 Å². The van der Waals surface area contributed by atoms with E-state index in [1.807, 2.05) is 110 Å². The minimum absolute atomic E-state index is 0.377. The minimum atomic E-state index is -2.13. The van der Waals surface area contributed by atoms with E-state index in [1.165, 1.54) is 16.2 Å². The Bertz CT molecular complexity index is 5380. The van der Waals surface area contributed by atoms with Crippen molar-refractivity contribution in [1.82, 2.24) is 0 Å². The zero-order chi connectivity index (χ0) is 63.6. The average molecular weight is 1070 g/mol. The zero-order valence-corrected chi connectivity index (χ0v) is 46.9. The van der Waals surface area contributed by atoms with Gasteiger partial charge in [0.05, 0.1) is 16.7 Å². The standard InChI is InChI=1S/3C25H22NO/c1-15-13-22(26(4)14-16(15)2)19-10-11-21-24-20-8-6-5-7-18(20)9-12-23(24)27-25(21)17(19)3;1-15-12-23(26(4)14-17(15)3)21-13-24-22(11-16(21)2)20-10-9-18-7-5-6-8-19(18)25(20)27-24;1-15-11-23(26(4)14-16(15)2)20-9-10-21-22-12-18-7-5-6-8-19(18)13-24(22)27-25(21)17(20)3/h3*5-14H,1-4H3/q3*+1/i2D3;3D3;2D3. The second-order valence-electron chi connectivity index (χ2n) is 21.8. The van der Waals surface area contributed by atoms with Gasteiger partial charge in [0.15, 0.2) is 18.6 Å². The van der Waals surface area contributed by atoms with Crippen molar-refractivity contribution < 1.29 is 39.3 Å². The van der Waals surface area contributed by atoms with Gasteiger partial charge in [-0.15, -0.1) is 0 Å². The molecule has 6 heteroatoms. The molecule has 0 fully saturated rings. The first-order chi connectivity index (χ1) is 42.7. The Kier molecular flexibility index (Phi) is 10.2. The number of furan rings is 3. The molecule has 0 aliphatic carbocycles. The molecular weight excluding hydrogens is 991 g/mol. The summed E-state index contributed by atoms with van der Waals surface area (Å²) in [5.41, 5.74) is 17.9. The first-order valence-electron chi connectivity index (χ1n) is 31.8. The third kappa shape index (κ3) is 8.69. The summed E-state index contributed by atoms with van der Waals surface area (Å²) in [4.78, 5) is 0. The van der Waals surface area contributed by atoms with Gasteiger partial charge in [0, 0.05) is 96.1 Å². The van der Waals surface area contributed by atoms with Gasteiger partial charge in [-0.25, -0.2) is 13.7 Å². The van der Waals surface area contributed by atoms with E-state index in [1.54, 1.807) is 18.6 Å². The SMILES string of the molecule is [2H]C([2H])([2H])c1c[n+](C)c(-c2cc3oc4c5ccccc5ccc4c3cc2C)cc1C.[2H]C([2H])([2H])c1c[n+](C)c(-c2ccc3c(oc4cc5ccccc5cc43)c2C)cc1C.[2H]C([2H])([2H])c1c[n+](C)c(-c2ccc3c(oc4ccc5ccccc5c43)c2C)cc1C. The van der Waals surface area contributed by atoms with Crippen molar-refractivity contribution in [3.63, 3.8) is 0 Å². The van der Waals surface area contributed by atoms with Crippen LogP contribution in [0.3, 0.4) is 0 Å². The highest BCUT2D eigenvalue weighted by molar-refractivity contribution is 6.20. The average Bonchev–Trinajstić information content (AvgIpc) is 1.58. The topological polar surface area (TPSA) is 51.1 Å². The summed E-state index contributed by atoms with van der Waals surface area (Å²) in [5.74, 6) is 0. The summed E-state index contributed by atoms with van der Waals surface area (Å²) < 4.78 is 94.5. The number of hydrogen-bond donors (Lipinski definition) is 0. The Balaban J connectivity index is 0.000000124. The summed E-state index contributed by atoms with van der Waals surface area (Å²) in [7, 11) is 5.67. The molecular formula is C75H66N3O3+3. The van der Waals surface area contributed by atoms with Crippen LogP contribution in [-0.2, 0) is 21.1 Å². The highest BCUT2D eigenvalue weighted by Crippen LogP contribution is 2.41. The van der Waals surface area contributed by atoms with Gasteiger partial charge >= 0.3 is 0 Å². The summed E-state index contributed by atoms with van der Waals surface area (Å²) in [6.07, 6.45) is 5.15. The molecule has 0 aliphatic rings. The van der Waals surface area contributed by atoms with Gasteiger partial charge in [-0.2, -0.15) is 0 Å². The largest absolute Gasteiger partial charge is 0.456 e. The minimum Gasteiger partial charge on any atom is -0.456 e. The predicted octanol–water partition coefficient (Wildman–Crippen LogP) is 18.5. The van der Waals surface area contributed by atoms with Gasteiger partial charge in [-0.05, 0) is 172 Å². The molecule has 0 unspecified atom stereocenters. The number of nitrogens with zero attached hydrogens (tertiary/aromatic N) is 3.